The molecule has 4 heteroatoms. The average Bonchev–Trinajstić information content (AvgIpc) is 2.67. The molecule has 1 heterocycles. The molecular weight excluding hydrogens is 300 g/mol. The summed E-state index contributed by atoms with van der Waals surface area (Å²) < 4.78 is 0. The van der Waals surface area contributed by atoms with E-state index < -0.39 is 0 Å². The van der Waals surface area contributed by atoms with Crippen molar-refractivity contribution < 1.29 is 9.59 Å². The second-order valence-electron chi connectivity index (χ2n) is 7.14. The number of benzene rings is 1. The molecule has 24 heavy (non-hydrogen) atoms. The molecule has 0 bridgehead atoms. The number of hydrogen-bond donors (Lipinski definition) is 1. The lowest BCUT2D eigenvalue weighted by molar-refractivity contribution is -0.139. The Hall–Kier alpha value is -1.84. The highest BCUT2D eigenvalue weighted by atomic mass is 16.2. The fourth-order valence-corrected chi connectivity index (χ4v) is 3.90. The molecule has 1 saturated carbocycles. The third-order valence-corrected chi connectivity index (χ3v) is 5.42. The number of rotatable bonds is 4. The molecule has 3 rings (SSSR count). The predicted molar refractivity (Wildman–Crippen MR) is 94.2 cm³/mol. The van der Waals surface area contributed by atoms with Crippen LogP contribution >= 0.6 is 0 Å². The van der Waals surface area contributed by atoms with Gasteiger partial charge in [-0.1, -0.05) is 30.3 Å². The van der Waals surface area contributed by atoms with Gasteiger partial charge in [0.25, 0.3) is 0 Å². The van der Waals surface area contributed by atoms with Gasteiger partial charge in [-0.05, 0) is 50.5 Å². The van der Waals surface area contributed by atoms with Gasteiger partial charge in [-0.3, -0.25) is 9.59 Å². The summed E-state index contributed by atoms with van der Waals surface area (Å²) in [5, 5.41) is 3.04. The van der Waals surface area contributed by atoms with Gasteiger partial charge >= 0.3 is 0 Å². The fourth-order valence-electron chi connectivity index (χ4n) is 3.90. The van der Waals surface area contributed by atoms with E-state index in [2.05, 4.69) is 5.32 Å². The summed E-state index contributed by atoms with van der Waals surface area (Å²) in [5.41, 5.74) is 1.12. The molecule has 1 aromatic rings. The molecule has 0 unspecified atom stereocenters. The summed E-state index contributed by atoms with van der Waals surface area (Å²) in [6, 6.07) is 9.99. The van der Waals surface area contributed by atoms with E-state index in [4.69, 9.17) is 0 Å². The Morgan fingerprint density at radius 3 is 2.21 bits per heavy atom. The highest BCUT2D eigenvalue weighted by molar-refractivity contribution is 5.81. The van der Waals surface area contributed by atoms with E-state index >= 15 is 0 Å². The van der Waals surface area contributed by atoms with Gasteiger partial charge < -0.3 is 10.2 Å². The average molecular weight is 328 g/mol. The fraction of sp³-hybridized carbons (Fsp3) is 0.600. The van der Waals surface area contributed by atoms with Gasteiger partial charge in [-0.25, -0.2) is 0 Å². The van der Waals surface area contributed by atoms with Gasteiger partial charge in [0.2, 0.25) is 11.8 Å². The van der Waals surface area contributed by atoms with E-state index in [1.807, 2.05) is 35.2 Å². The lowest BCUT2D eigenvalue weighted by atomic mass is 9.80. The highest BCUT2D eigenvalue weighted by Crippen LogP contribution is 2.31. The van der Waals surface area contributed by atoms with Crippen LogP contribution in [0.25, 0.3) is 0 Å². The molecule has 1 aliphatic carbocycles. The zero-order chi connectivity index (χ0) is 16.8. The third kappa shape index (κ3) is 4.37. The zero-order valence-corrected chi connectivity index (χ0v) is 14.4. The monoisotopic (exact) mass is 328 g/mol. The molecule has 1 aliphatic heterocycles. The van der Waals surface area contributed by atoms with Crippen molar-refractivity contribution in [2.45, 2.75) is 51.5 Å². The van der Waals surface area contributed by atoms with Crippen LogP contribution in [0.1, 0.15) is 50.5 Å². The summed E-state index contributed by atoms with van der Waals surface area (Å²) in [4.78, 5) is 27.0. The molecule has 2 amide bonds. The zero-order valence-electron chi connectivity index (χ0n) is 14.4. The van der Waals surface area contributed by atoms with Crippen LogP contribution in [0.4, 0.5) is 0 Å². The Kier molecular flexibility index (Phi) is 5.89. The maximum atomic E-state index is 12.6. The van der Waals surface area contributed by atoms with Crippen molar-refractivity contribution in [1.29, 1.82) is 0 Å². The first-order chi connectivity index (χ1) is 11.7. The second kappa shape index (κ2) is 8.32. The molecule has 130 valence electrons. The van der Waals surface area contributed by atoms with Gasteiger partial charge in [0.15, 0.2) is 0 Å². The minimum Gasteiger partial charge on any atom is -0.352 e. The Morgan fingerprint density at radius 2 is 1.54 bits per heavy atom. The smallest absolute Gasteiger partial charge is 0.225 e. The van der Waals surface area contributed by atoms with Crippen LogP contribution in [0.15, 0.2) is 30.3 Å². The molecule has 0 aromatic heterocycles. The maximum absolute atomic E-state index is 12.6. The number of likely N-dealkylation sites (tertiary alicyclic amines) is 1. The normalized spacial score (nSPS) is 24.4. The number of amides is 2. The Bertz CT molecular complexity index is 544. The summed E-state index contributed by atoms with van der Waals surface area (Å²) >= 11 is 0. The molecule has 0 radical (unpaired) electrons. The first kappa shape index (κ1) is 17.0. The van der Waals surface area contributed by atoms with Crippen LogP contribution < -0.4 is 5.32 Å². The lowest BCUT2D eigenvalue weighted by Crippen LogP contribution is -2.42. The minimum atomic E-state index is 0.0686. The summed E-state index contributed by atoms with van der Waals surface area (Å²) in [5.74, 6) is 0.681. The van der Waals surface area contributed by atoms with E-state index in [1.54, 1.807) is 0 Å². The SMILES string of the molecule is O=C(NCc1ccccc1)C1CCC(C(=O)N2CCCCC2)CC1. The Balaban J connectivity index is 1.42. The van der Waals surface area contributed by atoms with E-state index in [0.717, 1.165) is 57.2 Å². The molecule has 2 aliphatic rings. The van der Waals surface area contributed by atoms with Crippen LogP contribution in [0.5, 0.6) is 0 Å². The van der Waals surface area contributed by atoms with Crippen molar-refractivity contribution >= 4 is 11.8 Å². The van der Waals surface area contributed by atoms with Crippen molar-refractivity contribution in [2.75, 3.05) is 13.1 Å². The predicted octanol–water partition coefficient (Wildman–Crippen LogP) is 3.12. The maximum Gasteiger partial charge on any atom is 0.225 e. The Morgan fingerprint density at radius 1 is 0.917 bits per heavy atom. The molecule has 0 atom stereocenters. The van der Waals surface area contributed by atoms with Gasteiger partial charge in [-0.2, -0.15) is 0 Å². The first-order valence-corrected chi connectivity index (χ1v) is 9.34. The van der Waals surface area contributed by atoms with Crippen molar-refractivity contribution in [3.63, 3.8) is 0 Å². The molecule has 2 fully saturated rings. The van der Waals surface area contributed by atoms with Gasteiger partial charge in [0.1, 0.15) is 0 Å². The molecular formula is C20H28N2O2. The van der Waals surface area contributed by atoms with Crippen molar-refractivity contribution in [3.8, 4) is 0 Å². The van der Waals surface area contributed by atoms with Gasteiger partial charge in [-0.15, -0.1) is 0 Å². The van der Waals surface area contributed by atoms with Crippen molar-refractivity contribution in [3.05, 3.63) is 35.9 Å². The molecule has 4 nitrogen and oxygen atoms in total. The van der Waals surface area contributed by atoms with Crippen molar-refractivity contribution in [1.82, 2.24) is 10.2 Å². The summed E-state index contributed by atoms with van der Waals surface area (Å²) in [6.45, 7) is 2.44. The lowest BCUT2D eigenvalue weighted by Gasteiger charge is -2.33. The second-order valence-corrected chi connectivity index (χ2v) is 7.14. The van der Waals surface area contributed by atoms with E-state index in [0.29, 0.717) is 12.5 Å². The highest BCUT2D eigenvalue weighted by Gasteiger charge is 2.32. The molecule has 1 N–H and O–H groups in total. The standard InChI is InChI=1S/C20H28N2O2/c23-19(21-15-16-7-3-1-4-8-16)17-9-11-18(12-10-17)20(24)22-13-5-2-6-14-22/h1,3-4,7-8,17-18H,2,5-6,9-15H2,(H,21,23). The number of nitrogens with zero attached hydrogens (tertiary/aromatic N) is 1. The topological polar surface area (TPSA) is 49.4 Å². The van der Waals surface area contributed by atoms with Crippen LogP contribution in [-0.2, 0) is 16.1 Å². The number of carbonyl (C=O) groups excluding carboxylic acids is 2. The van der Waals surface area contributed by atoms with E-state index in [9.17, 15) is 9.59 Å². The van der Waals surface area contributed by atoms with Gasteiger partial charge in [0, 0.05) is 31.5 Å². The summed E-state index contributed by atoms with van der Waals surface area (Å²) in [6.07, 6.45) is 6.93. The molecule has 1 aromatic carbocycles. The third-order valence-electron chi connectivity index (χ3n) is 5.42. The molecule has 1 saturated heterocycles. The summed E-state index contributed by atoms with van der Waals surface area (Å²) in [7, 11) is 0. The van der Waals surface area contributed by atoms with Crippen LogP contribution in [0.2, 0.25) is 0 Å². The number of hydrogen-bond acceptors (Lipinski definition) is 2. The Labute approximate surface area is 144 Å². The van der Waals surface area contributed by atoms with Gasteiger partial charge in [0.05, 0.1) is 0 Å². The van der Waals surface area contributed by atoms with Crippen LogP contribution in [-0.4, -0.2) is 29.8 Å². The largest absolute Gasteiger partial charge is 0.352 e. The van der Waals surface area contributed by atoms with E-state index in [-0.39, 0.29) is 17.7 Å². The number of nitrogens with one attached hydrogen (secondary N) is 1. The van der Waals surface area contributed by atoms with E-state index in [1.165, 1.54) is 6.42 Å². The number of piperidine rings is 1. The molecule has 0 spiro atoms. The first-order valence-electron chi connectivity index (χ1n) is 9.34. The minimum absolute atomic E-state index is 0.0686. The van der Waals surface area contributed by atoms with Crippen LogP contribution in [0, 0.1) is 11.8 Å². The van der Waals surface area contributed by atoms with Crippen LogP contribution in [0.3, 0.4) is 0 Å². The quantitative estimate of drug-likeness (QED) is 0.923. The number of carbonyl (C=O) groups is 2. The van der Waals surface area contributed by atoms with Crippen molar-refractivity contribution in [2.24, 2.45) is 11.8 Å².